The summed E-state index contributed by atoms with van der Waals surface area (Å²) < 4.78 is 10.7. The van der Waals surface area contributed by atoms with Crippen LogP contribution in [0.15, 0.2) is 36.4 Å². The molecule has 0 amide bonds. The zero-order valence-corrected chi connectivity index (χ0v) is 18.3. The smallest absolute Gasteiger partial charge is 0.339 e. The van der Waals surface area contributed by atoms with Crippen LogP contribution in [0, 0.1) is 0 Å². The molecule has 0 atom stereocenters. The van der Waals surface area contributed by atoms with Gasteiger partial charge in [-0.25, -0.2) is 9.59 Å². The van der Waals surface area contributed by atoms with Gasteiger partial charge in [-0.05, 0) is 37.8 Å². The molecule has 0 fully saturated rings. The number of rotatable bonds is 16. The fourth-order valence-electron chi connectivity index (χ4n) is 3.01. The Morgan fingerprint density at radius 1 is 0.690 bits per heavy atom. The van der Waals surface area contributed by atoms with Crippen LogP contribution in [0.3, 0.4) is 0 Å². The summed E-state index contributed by atoms with van der Waals surface area (Å²) in [5, 5.41) is 0. The number of allylic oxidation sites excluding steroid dienone is 1. The Kier molecular flexibility index (Phi) is 14.5. The second kappa shape index (κ2) is 16.8. The lowest BCUT2D eigenvalue weighted by Gasteiger charge is -2.09. The molecule has 0 aliphatic heterocycles. The van der Waals surface area contributed by atoms with E-state index >= 15 is 0 Å². The van der Waals surface area contributed by atoms with Crippen molar-refractivity contribution in [1.82, 2.24) is 0 Å². The third-order valence-corrected chi connectivity index (χ3v) is 4.76. The second-order valence-electron chi connectivity index (χ2n) is 7.34. The minimum Gasteiger partial charge on any atom is -0.462 e. The van der Waals surface area contributed by atoms with Crippen molar-refractivity contribution in [3.8, 4) is 0 Å². The van der Waals surface area contributed by atoms with Crippen LogP contribution in [-0.4, -0.2) is 25.2 Å². The average Bonchev–Trinajstić information content (AvgIpc) is 2.74. The van der Waals surface area contributed by atoms with Crippen molar-refractivity contribution < 1.29 is 19.1 Å². The van der Waals surface area contributed by atoms with Crippen LogP contribution in [0.25, 0.3) is 0 Å². The number of benzene rings is 1. The molecule has 0 N–H and O–H groups in total. The summed E-state index contributed by atoms with van der Waals surface area (Å²) in [7, 11) is 0. The number of hydrogen-bond acceptors (Lipinski definition) is 4. The van der Waals surface area contributed by atoms with Gasteiger partial charge in [0.1, 0.15) is 0 Å². The number of hydrogen-bond donors (Lipinski definition) is 0. The van der Waals surface area contributed by atoms with Crippen molar-refractivity contribution in [2.75, 3.05) is 13.2 Å². The summed E-state index contributed by atoms with van der Waals surface area (Å²) in [6, 6.07) is 6.69. The van der Waals surface area contributed by atoms with Crippen LogP contribution in [0.1, 0.15) is 105 Å². The van der Waals surface area contributed by atoms with Gasteiger partial charge >= 0.3 is 11.9 Å². The van der Waals surface area contributed by atoms with Crippen LogP contribution in [-0.2, 0) is 9.47 Å². The lowest BCUT2D eigenvalue weighted by molar-refractivity contribution is 0.0457. The number of ether oxygens (including phenoxy) is 2. The first-order chi connectivity index (χ1) is 14.2. The Balaban J connectivity index is 2.36. The number of carbonyl (C=O) groups is 2. The third-order valence-electron chi connectivity index (χ3n) is 4.76. The largest absolute Gasteiger partial charge is 0.462 e. The Morgan fingerprint density at radius 3 is 1.83 bits per heavy atom. The normalized spacial score (nSPS) is 11.0. The molecule has 0 spiro atoms. The van der Waals surface area contributed by atoms with Gasteiger partial charge in [-0.15, -0.1) is 0 Å². The van der Waals surface area contributed by atoms with E-state index in [1.165, 1.54) is 38.5 Å². The van der Waals surface area contributed by atoms with Gasteiger partial charge in [0.15, 0.2) is 0 Å². The number of esters is 2. The van der Waals surface area contributed by atoms with Crippen LogP contribution >= 0.6 is 0 Å². The monoisotopic (exact) mass is 402 g/mol. The molecule has 0 saturated carbocycles. The van der Waals surface area contributed by atoms with Gasteiger partial charge in [-0.1, -0.05) is 83.1 Å². The maximum atomic E-state index is 12.4. The van der Waals surface area contributed by atoms with Crippen molar-refractivity contribution in [1.29, 1.82) is 0 Å². The van der Waals surface area contributed by atoms with E-state index in [1.807, 2.05) is 0 Å². The molecule has 162 valence electrons. The van der Waals surface area contributed by atoms with Gasteiger partial charge in [0, 0.05) is 0 Å². The maximum absolute atomic E-state index is 12.4. The molecule has 0 aliphatic carbocycles. The summed E-state index contributed by atoms with van der Waals surface area (Å²) in [6.07, 6.45) is 16.4. The molecule has 0 heterocycles. The van der Waals surface area contributed by atoms with Crippen LogP contribution < -0.4 is 0 Å². The topological polar surface area (TPSA) is 52.6 Å². The van der Waals surface area contributed by atoms with Gasteiger partial charge in [0.2, 0.25) is 0 Å². The highest BCUT2D eigenvalue weighted by Crippen LogP contribution is 2.13. The number of carbonyl (C=O) groups excluding carboxylic acids is 2. The van der Waals surface area contributed by atoms with Crippen molar-refractivity contribution in [2.45, 2.75) is 84.5 Å². The first-order valence-electron chi connectivity index (χ1n) is 11.3. The molecule has 4 nitrogen and oxygen atoms in total. The van der Waals surface area contributed by atoms with Crippen molar-refractivity contribution >= 4 is 11.9 Å². The fraction of sp³-hybridized carbons (Fsp3) is 0.600. The minimum atomic E-state index is -0.475. The highest BCUT2D eigenvalue weighted by atomic mass is 16.5. The van der Waals surface area contributed by atoms with E-state index in [9.17, 15) is 9.59 Å². The molecule has 4 heteroatoms. The molecule has 0 aromatic heterocycles. The highest BCUT2D eigenvalue weighted by molar-refractivity contribution is 6.03. The lowest BCUT2D eigenvalue weighted by Crippen LogP contribution is -2.14. The standard InChI is InChI=1S/C25H38O4/c1-3-5-7-9-10-11-13-17-21-29-25(27)23-19-15-14-18-22(23)24(26)28-20-16-12-8-6-4-2/h11,13-15,18-19H,3-10,12,16-17,20-21H2,1-2H3/b13-11+. The summed E-state index contributed by atoms with van der Waals surface area (Å²) in [6.45, 7) is 5.07. The van der Waals surface area contributed by atoms with Gasteiger partial charge in [0.05, 0.1) is 24.3 Å². The second-order valence-corrected chi connectivity index (χ2v) is 7.34. The van der Waals surface area contributed by atoms with Gasteiger partial charge < -0.3 is 9.47 Å². The molecule has 0 aliphatic rings. The van der Waals surface area contributed by atoms with E-state index < -0.39 is 11.9 Å². The predicted molar refractivity (Wildman–Crippen MR) is 118 cm³/mol. The van der Waals surface area contributed by atoms with Crippen LogP contribution in [0.5, 0.6) is 0 Å². The molecule has 0 bridgehead atoms. The Hall–Kier alpha value is -2.10. The van der Waals surface area contributed by atoms with Crippen molar-refractivity contribution in [3.05, 3.63) is 47.5 Å². The molecule has 1 rings (SSSR count). The minimum absolute atomic E-state index is 0.270. The Labute approximate surface area is 176 Å². The lowest BCUT2D eigenvalue weighted by atomic mass is 10.1. The Bertz CT molecular complexity index is 607. The maximum Gasteiger partial charge on any atom is 0.339 e. The van der Waals surface area contributed by atoms with Crippen LogP contribution in [0.4, 0.5) is 0 Å². The van der Waals surface area contributed by atoms with Crippen molar-refractivity contribution in [3.63, 3.8) is 0 Å². The van der Waals surface area contributed by atoms with Gasteiger partial charge in [0.25, 0.3) is 0 Å². The van der Waals surface area contributed by atoms with E-state index in [0.29, 0.717) is 19.6 Å². The summed E-state index contributed by atoms with van der Waals surface area (Å²) in [4.78, 5) is 24.7. The SMILES string of the molecule is CCCCCC/C=C/CCOC(=O)c1ccccc1C(=O)OCCCCCCC. The zero-order valence-electron chi connectivity index (χ0n) is 18.3. The highest BCUT2D eigenvalue weighted by Gasteiger charge is 2.18. The molecule has 0 unspecified atom stereocenters. The van der Waals surface area contributed by atoms with Gasteiger partial charge in [-0.2, -0.15) is 0 Å². The van der Waals surface area contributed by atoms with E-state index in [4.69, 9.17) is 9.47 Å². The molecule has 1 aromatic carbocycles. The first-order valence-corrected chi connectivity index (χ1v) is 11.3. The van der Waals surface area contributed by atoms with Gasteiger partial charge in [-0.3, -0.25) is 0 Å². The molecule has 1 aromatic rings. The number of unbranched alkanes of at least 4 members (excludes halogenated alkanes) is 8. The summed E-state index contributed by atoms with van der Waals surface area (Å²) in [5.74, 6) is -0.933. The molecule has 0 saturated heterocycles. The zero-order chi connectivity index (χ0) is 21.2. The molecular weight excluding hydrogens is 364 g/mol. The first kappa shape index (κ1) is 24.9. The van der Waals surface area contributed by atoms with E-state index in [1.54, 1.807) is 24.3 Å². The fourth-order valence-corrected chi connectivity index (χ4v) is 3.01. The molecular formula is C25H38O4. The Morgan fingerprint density at radius 2 is 1.21 bits per heavy atom. The third kappa shape index (κ3) is 11.5. The van der Waals surface area contributed by atoms with E-state index in [0.717, 1.165) is 25.7 Å². The average molecular weight is 403 g/mol. The van der Waals surface area contributed by atoms with E-state index in [2.05, 4.69) is 26.0 Å². The summed E-state index contributed by atoms with van der Waals surface area (Å²) in [5.41, 5.74) is 0.546. The predicted octanol–water partition coefficient (Wildman–Crippen LogP) is 6.89. The van der Waals surface area contributed by atoms with Crippen molar-refractivity contribution in [2.24, 2.45) is 0 Å². The van der Waals surface area contributed by atoms with E-state index in [-0.39, 0.29) is 11.1 Å². The molecule has 29 heavy (non-hydrogen) atoms. The quantitative estimate of drug-likeness (QED) is 0.172. The van der Waals surface area contributed by atoms with Crippen LogP contribution in [0.2, 0.25) is 0 Å². The summed E-state index contributed by atoms with van der Waals surface area (Å²) >= 11 is 0. The molecule has 0 radical (unpaired) electrons.